The van der Waals surface area contributed by atoms with Crippen LogP contribution in [0.3, 0.4) is 0 Å². The van der Waals surface area contributed by atoms with E-state index in [4.69, 9.17) is 5.84 Å². The normalized spacial score (nSPS) is 10.5. The van der Waals surface area contributed by atoms with Crippen LogP contribution in [0.4, 0.5) is 11.6 Å². The highest BCUT2D eigenvalue weighted by Gasteiger charge is 2.16. The monoisotopic (exact) mass is 336 g/mol. The van der Waals surface area contributed by atoms with Crippen LogP contribution in [0.1, 0.15) is 16.1 Å². The van der Waals surface area contributed by atoms with Crippen molar-refractivity contribution in [2.75, 3.05) is 12.1 Å². The van der Waals surface area contributed by atoms with Crippen molar-refractivity contribution in [3.05, 3.63) is 54.0 Å². The molecule has 0 bridgehead atoms. The molecule has 3 rings (SSSR count). The summed E-state index contributed by atoms with van der Waals surface area (Å²) >= 11 is 0. The zero-order valence-electron chi connectivity index (χ0n) is 13.6. The fraction of sp³-hybridized carbons (Fsp3) is 0.118. The molecule has 0 saturated heterocycles. The number of anilines is 1. The number of esters is 1. The predicted molar refractivity (Wildman–Crippen MR) is 94.7 cm³/mol. The zero-order valence-corrected chi connectivity index (χ0v) is 13.6. The van der Waals surface area contributed by atoms with Crippen molar-refractivity contribution in [3.63, 3.8) is 0 Å². The van der Waals surface area contributed by atoms with Gasteiger partial charge < -0.3 is 4.74 Å². The smallest absolute Gasteiger partial charge is 0.358 e. The number of hydrogen-bond acceptors (Lipinski definition) is 8. The second kappa shape index (κ2) is 7.02. The maximum absolute atomic E-state index is 11.7. The molecule has 2 N–H and O–H groups in total. The molecule has 1 aromatic carbocycles. The van der Waals surface area contributed by atoms with Gasteiger partial charge in [0.15, 0.2) is 17.3 Å². The Morgan fingerprint density at radius 1 is 1.36 bits per heavy atom. The molecule has 2 heterocycles. The number of hydrazine groups is 1. The van der Waals surface area contributed by atoms with E-state index < -0.39 is 5.97 Å². The van der Waals surface area contributed by atoms with Crippen LogP contribution in [0.2, 0.25) is 0 Å². The van der Waals surface area contributed by atoms with Gasteiger partial charge >= 0.3 is 5.97 Å². The van der Waals surface area contributed by atoms with E-state index >= 15 is 0 Å². The quantitative estimate of drug-likeness (QED) is 0.329. The zero-order chi connectivity index (χ0) is 17.8. The van der Waals surface area contributed by atoms with Crippen LogP contribution in [0, 0.1) is 0 Å². The third-order valence-electron chi connectivity index (χ3n) is 3.57. The van der Waals surface area contributed by atoms with Gasteiger partial charge in [0.2, 0.25) is 0 Å². The lowest BCUT2D eigenvalue weighted by molar-refractivity contribution is 0.0593. The van der Waals surface area contributed by atoms with Gasteiger partial charge in [-0.1, -0.05) is 12.1 Å². The largest absolute Gasteiger partial charge is 0.464 e. The van der Waals surface area contributed by atoms with Crippen LogP contribution in [-0.4, -0.2) is 34.7 Å². The SMILES string of the molecule is C=Nc1ncc(C(=O)OC)nc1N(N)Cc1ccc2ncccc2c1. The first-order chi connectivity index (χ1) is 12.1. The van der Waals surface area contributed by atoms with E-state index in [-0.39, 0.29) is 17.3 Å². The number of hydrogen-bond donors (Lipinski definition) is 1. The minimum atomic E-state index is -0.602. The number of rotatable bonds is 5. The molecule has 25 heavy (non-hydrogen) atoms. The Hall–Kier alpha value is -3.39. The average Bonchev–Trinajstić information content (AvgIpc) is 2.66. The minimum Gasteiger partial charge on any atom is -0.464 e. The summed E-state index contributed by atoms with van der Waals surface area (Å²) in [6, 6.07) is 9.68. The van der Waals surface area contributed by atoms with Gasteiger partial charge in [-0.15, -0.1) is 0 Å². The van der Waals surface area contributed by atoms with Gasteiger partial charge in [-0.2, -0.15) is 0 Å². The second-order valence-electron chi connectivity index (χ2n) is 5.21. The lowest BCUT2D eigenvalue weighted by atomic mass is 10.1. The van der Waals surface area contributed by atoms with Crippen LogP contribution < -0.4 is 10.9 Å². The van der Waals surface area contributed by atoms with Crippen LogP contribution in [-0.2, 0) is 11.3 Å². The third kappa shape index (κ3) is 3.43. The maximum atomic E-state index is 11.7. The summed E-state index contributed by atoms with van der Waals surface area (Å²) in [6.45, 7) is 3.80. The Kier molecular flexibility index (Phi) is 4.62. The number of carbonyl (C=O) groups is 1. The first-order valence-corrected chi connectivity index (χ1v) is 7.40. The summed E-state index contributed by atoms with van der Waals surface area (Å²) < 4.78 is 4.66. The molecule has 0 aliphatic rings. The fourth-order valence-electron chi connectivity index (χ4n) is 2.38. The molecule has 0 radical (unpaired) electrons. The molecule has 0 fully saturated rings. The fourth-order valence-corrected chi connectivity index (χ4v) is 2.38. The number of aliphatic imine (C=N–C) groups is 1. The summed E-state index contributed by atoms with van der Waals surface area (Å²) in [5.41, 5.74) is 1.89. The number of pyridine rings is 1. The Balaban J connectivity index is 1.92. The van der Waals surface area contributed by atoms with Gasteiger partial charge in [-0.3, -0.25) is 9.99 Å². The molecule has 0 aliphatic heterocycles. The van der Waals surface area contributed by atoms with E-state index in [1.807, 2.05) is 30.3 Å². The van der Waals surface area contributed by atoms with E-state index in [0.717, 1.165) is 16.5 Å². The minimum absolute atomic E-state index is 0.0445. The second-order valence-corrected chi connectivity index (χ2v) is 5.21. The summed E-state index contributed by atoms with van der Waals surface area (Å²) in [4.78, 5) is 28.0. The van der Waals surface area contributed by atoms with Crippen molar-refractivity contribution in [2.24, 2.45) is 10.8 Å². The lowest BCUT2D eigenvalue weighted by Crippen LogP contribution is -2.31. The predicted octanol–water partition coefficient (Wildman–Crippen LogP) is 2.02. The van der Waals surface area contributed by atoms with E-state index in [2.05, 4.69) is 31.4 Å². The topological polar surface area (TPSA) is 107 Å². The molecule has 0 atom stereocenters. The lowest BCUT2D eigenvalue weighted by Gasteiger charge is -2.19. The molecule has 8 nitrogen and oxygen atoms in total. The molecule has 0 saturated carbocycles. The molecule has 126 valence electrons. The van der Waals surface area contributed by atoms with Crippen molar-refractivity contribution in [1.29, 1.82) is 0 Å². The molecule has 3 aromatic rings. The molecule has 0 amide bonds. The van der Waals surface area contributed by atoms with Crippen LogP contribution in [0.25, 0.3) is 10.9 Å². The number of benzene rings is 1. The number of nitrogens with zero attached hydrogens (tertiary/aromatic N) is 5. The number of ether oxygens (including phenoxy) is 1. The Labute approximate surface area is 144 Å². The molecular formula is C17H16N6O2. The summed E-state index contributed by atoms with van der Waals surface area (Å²) in [5.74, 6) is 6.00. The Bertz CT molecular complexity index is 943. The van der Waals surface area contributed by atoms with Crippen LogP contribution >= 0.6 is 0 Å². The van der Waals surface area contributed by atoms with Gasteiger partial charge in [0.1, 0.15) is 0 Å². The number of nitrogens with two attached hydrogens (primary N) is 1. The van der Waals surface area contributed by atoms with Gasteiger partial charge in [0, 0.05) is 11.6 Å². The Morgan fingerprint density at radius 3 is 2.96 bits per heavy atom. The molecule has 0 unspecified atom stereocenters. The van der Waals surface area contributed by atoms with Crippen molar-refractivity contribution in [2.45, 2.75) is 6.54 Å². The number of carbonyl (C=O) groups excluding carboxylic acids is 1. The van der Waals surface area contributed by atoms with Crippen LogP contribution in [0.5, 0.6) is 0 Å². The standard InChI is InChI=1S/C17H16N6O2/c1-19-15-16(22-14(9-21-15)17(24)25-2)23(18)10-11-5-6-13-12(8-11)4-3-7-20-13/h3-9H,1,10,18H2,2H3. The molecule has 8 heteroatoms. The highest BCUT2D eigenvalue weighted by Crippen LogP contribution is 2.24. The summed E-state index contributed by atoms with van der Waals surface area (Å²) in [7, 11) is 1.27. The van der Waals surface area contributed by atoms with E-state index in [0.29, 0.717) is 6.54 Å². The van der Waals surface area contributed by atoms with Crippen molar-refractivity contribution >= 4 is 35.2 Å². The van der Waals surface area contributed by atoms with E-state index in [1.54, 1.807) is 6.20 Å². The van der Waals surface area contributed by atoms with E-state index in [9.17, 15) is 4.79 Å². The maximum Gasteiger partial charge on any atom is 0.358 e. The third-order valence-corrected chi connectivity index (χ3v) is 3.57. The van der Waals surface area contributed by atoms with Gasteiger partial charge in [-0.05, 0) is 30.5 Å². The van der Waals surface area contributed by atoms with E-state index in [1.165, 1.54) is 18.3 Å². The average molecular weight is 336 g/mol. The molecule has 2 aromatic heterocycles. The first kappa shape index (κ1) is 16.5. The van der Waals surface area contributed by atoms with Gasteiger partial charge in [0.25, 0.3) is 0 Å². The molecule has 0 spiro atoms. The van der Waals surface area contributed by atoms with Crippen molar-refractivity contribution in [3.8, 4) is 0 Å². The highest BCUT2D eigenvalue weighted by atomic mass is 16.5. The highest BCUT2D eigenvalue weighted by molar-refractivity contribution is 5.87. The van der Waals surface area contributed by atoms with Gasteiger partial charge in [-0.25, -0.2) is 25.6 Å². The first-order valence-electron chi connectivity index (χ1n) is 7.40. The van der Waals surface area contributed by atoms with Crippen molar-refractivity contribution in [1.82, 2.24) is 15.0 Å². The molecule has 0 aliphatic carbocycles. The number of aromatic nitrogens is 3. The molecular weight excluding hydrogens is 320 g/mol. The Morgan fingerprint density at radius 2 is 2.20 bits per heavy atom. The van der Waals surface area contributed by atoms with Crippen molar-refractivity contribution < 1.29 is 9.53 Å². The van der Waals surface area contributed by atoms with Gasteiger partial charge in [0.05, 0.1) is 25.4 Å². The van der Waals surface area contributed by atoms with Crippen LogP contribution in [0.15, 0.2) is 47.7 Å². The number of fused-ring (bicyclic) bond motifs is 1. The number of methoxy groups -OCH3 is 1. The summed E-state index contributed by atoms with van der Waals surface area (Å²) in [5, 5.41) is 2.37. The summed E-state index contributed by atoms with van der Waals surface area (Å²) in [6.07, 6.45) is 3.02.